The van der Waals surface area contributed by atoms with E-state index in [1.165, 1.54) is 0 Å². The van der Waals surface area contributed by atoms with Gasteiger partial charge in [0.25, 0.3) is 0 Å². The van der Waals surface area contributed by atoms with Crippen LogP contribution in [-0.2, 0) is 0 Å². The van der Waals surface area contributed by atoms with Gasteiger partial charge < -0.3 is 0 Å². The van der Waals surface area contributed by atoms with Crippen molar-refractivity contribution in [2.75, 3.05) is 0 Å². The van der Waals surface area contributed by atoms with E-state index >= 15 is 0 Å². The Balaban J connectivity index is 3.78. The van der Waals surface area contributed by atoms with Crippen molar-refractivity contribution < 1.29 is 43.9 Å². The number of hydrogen-bond acceptors (Lipinski definition) is 0. The van der Waals surface area contributed by atoms with Crippen molar-refractivity contribution in [3.8, 4) is 0 Å². The highest BCUT2D eigenvalue weighted by molar-refractivity contribution is 5.47. The third-order valence-corrected chi connectivity index (χ3v) is 1.86. The first-order chi connectivity index (χ1) is 7.92. The Morgan fingerprint density at radius 3 is 1.44 bits per heavy atom. The van der Waals surface area contributed by atoms with Crippen LogP contribution >= 0.6 is 0 Å². The molecule has 0 bridgehead atoms. The Morgan fingerprint density at radius 1 is 0.667 bits per heavy atom. The number of rotatable bonds is 0. The summed E-state index contributed by atoms with van der Waals surface area (Å²) >= 11 is 0. The molecule has 102 valence electrons. The summed E-state index contributed by atoms with van der Waals surface area (Å²) in [6.45, 7) is 0. The van der Waals surface area contributed by atoms with Gasteiger partial charge in [0.2, 0.25) is 5.83 Å². The summed E-state index contributed by atoms with van der Waals surface area (Å²) in [4.78, 5) is 0. The van der Waals surface area contributed by atoms with E-state index < -0.39 is 46.8 Å². The van der Waals surface area contributed by atoms with Gasteiger partial charge in [-0.3, -0.25) is 0 Å². The standard InChI is InChI=1S/C8F10/c9-1-2(10)4(12)6(13)7(14,15)5(3(1)11)8(16,17)18. The zero-order chi connectivity index (χ0) is 14.5. The normalized spacial score (nSPS) is 21.7. The van der Waals surface area contributed by atoms with E-state index in [0.29, 0.717) is 0 Å². The van der Waals surface area contributed by atoms with Gasteiger partial charge in [0, 0.05) is 0 Å². The van der Waals surface area contributed by atoms with Gasteiger partial charge in [-0.25, -0.2) is 22.0 Å². The van der Waals surface area contributed by atoms with Crippen molar-refractivity contribution in [1.82, 2.24) is 0 Å². The van der Waals surface area contributed by atoms with Crippen LogP contribution in [0.2, 0.25) is 0 Å². The van der Waals surface area contributed by atoms with Gasteiger partial charge in [0.15, 0.2) is 23.3 Å². The van der Waals surface area contributed by atoms with Crippen LogP contribution in [0.5, 0.6) is 0 Å². The molecule has 0 saturated carbocycles. The van der Waals surface area contributed by atoms with Gasteiger partial charge in [-0.05, 0) is 0 Å². The van der Waals surface area contributed by atoms with Crippen LogP contribution < -0.4 is 0 Å². The second-order valence-corrected chi connectivity index (χ2v) is 3.02. The lowest BCUT2D eigenvalue weighted by Gasteiger charge is -2.19. The highest BCUT2D eigenvalue weighted by atomic mass is 19.4. The van der Waals surface area contributed by atoms with E-state index in [9.17, 15) is 43.9 Å². The summed E-state index contributed by atoms with van der Waals surface area (Å²) < 4.78 is 125. The predicted octanol–water partition coefficient (Wildman–Crippen LogP) is 4.72. The lowest BCUT2D eigenvalue weighted by atomic mass is 10.1. The molecular formula is C8F10. The van der Waals surface area contributed by atoms with Crippen LogP contribution in [-0.4, -0.2) is 12.1 Å². The summed E-state index contributed by atoms with van der Waals surface area (Å²) in [5.41, 5.74) is -3.65. The molecular weight excluding hydrogens is 286 g/mol. The molecule has 1 aliphatic rings. The topological polar surface area (TPSA) is 0 Å². The van der Waals surface area contributed by atoms with Gasteiger partial charge in [-0.2, -0.15) is 22.0 Å². The number of hydrogen-bond donors (Lipinski definition) is 0. The quantitative estimate of drug-likeness (QED) is 0.565. The second kappa shape index (κ2) is 4.02. The van der Waals surface area contributed by atoms with Crippen LogP contribution in [0, 0.1) is 0 Å². The van der Waals surface area contributed by atoms with Crippen molar-refractivity contribution in [3.63, 3.8) is 0 Å². The SMILES string of the molecule is FC1=C(F)C(F)=C(C(F)(F)F)C(F)(F)C(F)=C1F. The third kappa shape index (κ3) is 1.99. The first-order valence-corrected chi connectivity index (χ1v) is 3.89. The minimum absolute atomic E-state index is 3.11. The Kier molecular flexibility index (Phi) is 3.26. The highest BCUT2D eigenvalue weighted by Crippen LogP contribution is 2.50. The van der Waals surface area contributed by atoms with Crippen molar-refractivity contribution in [1.29, 1.82) is 0 Å². The zero-order valence-electron chi connectivity index (χ0n) is 7.78. The zero-order valence-corrected chi connectivity index (χ0v) is 7.78. The van der Waals surface area contributed by atoms with Crippen LogP contribution in [0.1, 0.15) is 0 Å². The Labute approximate surface area is 91.9 Å². The van der Waals surface area contributed by atoms with E-state index in [-0.39, 0.29) is 0 Å². The maximum atomic E-state index is 12.8. The highest BCUT2D eigenvalue weighted by Gasteiger charge is 2.59. The molecule has 10 heteroatoms. The fraction of sp³-hybridized carbons (Fsp3) is 0.250. The molecule has 0 fully saturated rings. The first kappa shape index (κ1) is 14.6. The average Bonchev–Trinajstić information content (AvgIpc) is 2.24. The molecule has 0 aromatic rings. The van der Waals surface area contributed by atoms with E-state index in [1.54, 1.807) is 0 Å². The van der Waals surface area contributed by atoms with E-state index in [2.05, 4.69) is 0 Å². The van der Waals surface area contributed by atoms with Gasteiger partial charge in [0.1, 0.15) is 5.57 Å². The smallest absolute Gasteiger partial charge is 0.203 e. The minimum atomic E-state index is -6.23. The predicted molar refractivity (Wildman–Crippen MR) is 37.6 cm³/mol. The molecule has 0 heterocycles. The fourth-order valence-electron chi connectivity index (χ4n) is 1.09. The molecule has 0 aromatic heterocycles. The lowest BCUT2D eigenvalue weighted by Crippen LogP contribution is -2.32. The van der Waals surface area contributed by atoms with Crippen LogP contribution in [0.3, 0.4) is 0 Å². The first-order valence-electron chi connectivity index (χ1n) is 3.89. The maximum Gasteiger partial charge on any atom is 0.421 e. The third-order valence-electron chi connectivity index (χ3n) is 1.86. The Morgan fingerprint density at radius 2 is 1.06 bits per heavy atom. The lowest BCUT2D eigenvalue weighted by molar-refractivity contribution is -0.128. The van der Waals surface area contributed by atoms with Crippen molar-refractivity contribution in [2.45, 2.75) is 12.1 Å². The molecule has 0 aromatic carbocycles. The minimum Gasteiger partial charge on any atom is -0.203 e. The largest absolute Gasteiger partial charge is 0.421 e. The Bertz CT molecular complexity index is 475. The monoisotopic (exact) mass is 286 g/mol. The summed E-state index contributed by atoms with van der Waals surface area (Å²) in [7, 11) is 0. The fourth-order valence-corrected chi connectivity index (χ4v) is 1.09. The van der Waals surface area contributed by atoms with Crippen LogP contribution in [0.15, 0.2) is 34.7 Å². The van der Waals surface area contributed by atoms with Gasteiger partial charge in [0.05, 0.1) is 0 Å². The van der Waals surface area contributed by atoms with Gasteiger partial charge in [-0.15, -0.1) is 0 Å². The summed E-state index contributed by atoms with van der Waals surface area (Å²) in [5, 5.41) is 0. The van der Waals surface area contributed by atoms with Crippen LogP contribution in [0.4, 0.5) is 43.9 Å². The van der Waals surface area contributed by atoms with E-state index in [4.69, 9.17) is 0 Å². The molecule has 1 aliphatic carbocycles. The maximum absolute atomic E-state index is 12.8. The molecule has 0 atom stereocenters. The number of allylic oxidation sites excluding steroid dienone is 6. The molecule has 0 saturated heterocycles. The summed E-state index contributed by atoms with van der Waals surface area (Å²) in [6.07, 6.45) is -6.23. The van der Waals surface area contributed by atoms with Gasteiger partial charge >= 0.3 is 12.1 Å². The second-order valence-electron chi connectivity index (χ2n) is 3.02. The molecule has 0 unspecified atom stereocenters. The molecule has 0 aliphatic heterocycles. The average molecular weight is 286 g/mol. The van der Waals surface area contributed by atoms with Crippen molar-refractivity contribution in [2.24, 2.45) is 0 Å². The summed E-state index contributed by atoms with van der Waals surface area (Å²) in [5.74, 6) is -22.4. The van der Waals surface area contributed by atoms with E-state index in [1.807, 2.05) is 0 Å². The number of alkyl halides is 5. The van der Waals surface area contributed by atoms with E-state index in [0.717, 1.165) is 0 Å². The molecule has 0 nitrogen and oxygen atoms in total. The molecule has 0 spiro atoms. The molecule has 0 amide bonds. The van der Waals surface area contributed by atoms with Gasteiger partial charge in [-0.1, -0.05) is 0 Å². The Hall–Kier alpha value is -1.48. The molecule has 1 rings (SSSR count). The number of halogens is 10. The molecule has 18 heavy (non-hydrogen) atoms. The summed E-state index contributed by atoms with van der Waals surface area (Å²) in [6, 6.07) is 0. The van der Waals surface area contributed by atoms with Crippen molar-refractivity contribution >= 4 is 0 Å². The van der Waals surface area contributed by atoms with Crippen molar-refractivity contribution in [3.05, 3.63) is 34.7 Å². The van der Waals surface area contributed by atoms with Crippen LogP contribution in [0.25, 0.3) is 0 Å². The molecule has 0 radical (unpaired) electrons. The molecule has 0 N–H and O–H groups in total.